The summed E-state index contributed by atoms with van der Waals surface area (Å²) < 4.78 is 32.6. The first-order chi connectivity index (χ1) is 16.3. The first-order valence-electron chi connectivity index (χ1n) is 11.3. The van der Waals surface area contributed by atoms with Crippen LogP contribution in [0.2, 0.25) is 5.02 Å². The number of amides is 2. The zero-order valence-corrected chi connectivity index (χ0v) is 20.4. The van der Waals surface area contributed by atoms with Crippen LogP contribution in [-0.4, -0.2) is 56.8 Å². The van der Waals surface area contributed by atoms with E-state index >= 15 is 0 Å². The highest BCUT2D eigenvalue weighted by molar-refractivity contribution is 7.89. The number of nitrogens with zero attached hydrogens (tertiary/aromatic N) is 1. The number of piperidine rings is 1. The van der Waals surface area contributed by atoms with E-state index < -0.39 is 16.1 Å². The van der Waals surface area contributed by atoms with Gasteiger partial charge >= 0.3 is 0 Å². The Hall–Kier alpha value is -2.62. The van der Waals surface area contributed by atoms with E-state index in [1.165, 1.54) is 16.4 Å². The van der Waals surface area contributed by atoms with E-state index in [9.17, 15) is 18.0 Å². The summed E-state index contributed by atoms with van der Waals surface area (Å²) in [6.07, 6.45) is 2.78. The highest BCUT2D eigenvalue weighted by Crippen LogP contribution is 2.28. The first kappa shape index (κ1) is 24.5. The fraction of sp³-hybridized carbons (Fsp3) is 0.417. The molecule has 2 N–H and O–H groups in total. The summed E-state index contributed by atoms with van der Waals surface area (Å²) in [7, 11) is -2.11. The van der Waals surface area contributed by atoms with Gasteiger partial charge in [0.25, 0.3) is 5.91 Å². The molecule has 8 nitrogen and oxygen atoms in total. The number of benzene rings is 2. The predicted molar refractivity (Wildman–Crippen MR) is 128 cm³/mol. The summed E-state index contributed by atoms with van der Waals surface area (Å²) >= 11 is 5.89. The number of carbonyl (C=O) groups is 2. The van der Waals surface area contributed by atoms with Crippen molar-refractivity contribution in [3.8, 4) is 5.75 Å². The number of halogens is 1. The second kappa shape index (κ2) is 10.3. The Morgan fingerprint density at radius 3 is 2.18 bits per heavy atom. The van der Waals surface area contributed by atoms with Gasteiger partial charge in [-0.2, -0.15) is 4.31 Å². The molecule has 4 rings (SSSR count). The molecule has 1 atom stereocenters. The zero-order valence-electron chi connectivity index (χ0n) is 18.9. The fourth-order valence-corrected chi connectivity index (χ4v) is 5.68. The number of hydrogen-bond acceptors (Lipinski definition) is 5. The van der Waals surface area contributed by atoms with Crippen molar-refractivity contribution in [2.45, 2.75) is 42.7 Å². The van der Waals surface area contributed by atoms with Gasteiger partial charge in [-0.05, 0) is 80.1 Å². The molecule has 1 heterocycles. The highest BCUT2D eigenvalue weighted by atomic mass is 35.5. The Labute approximate surface area is 204 Å². The monoisotopic (exact) mass is 505 g/mol. The van der Waals surface area contributed by atoms with Crippen LogP contribution in [-0.2, 0) is 14.8 Å². The lowest BCUT2D eigenvalue weighted by Crippen LogP contribution is -2.54. The van der Waals surface area contributed by atoms with Crippen molar-refractivity contribution in [2.24, 2.45) is 5.92 Å². The molecular formula is C24H28ClN3O5S. The Kier molecular flexibility index (Phi) is 7.45. The van der Waals surface area contributed by atoms with Crippen molar-refractivity contribution in [1.82, 2.24) is 14.9 Å². The first-order valence-corrected chi connectivity index (χ1v) is 13.1. The average molecular weight is 506 g/mol. The minimum Gasteiger partial charge on any atom is -0.497 e. The largest absolute Gasteiger partial charge is 0.497 e. The van der Waals surface area contributed by atoms with Crippen LogP contribution in [0, 0.1) is 5.92 Å². The lowest BCUT2D eigenvalue weighted by atomic mass is 9.89. The van der Waals surface area contributed by atoms with Gasteiger partial charge in [-0.3, -0.25) is 9.59 Å². The van der Waals surface area contributed by atoms with Crippen LogP contribution in [0.15, 0.2) is 53.4 Å². The molecule has 1 aliphatic heterocycles. The summed E-state index contributed by atoms with van der Waals surface area (Å²) in [5.41, 5.74) is 0.424. The molecule has 1 saturated heterocycles. The standard InChI is InChI=1S/C24H28ClN3O5S/c1-33-20-8-2-17(3-9-20)23(29)27-22(24(30)26-19-6-7-19)16-12-14-28(15-13-16)34(31,32)21-10-4-18(25)5-11-21/h2-5,8-11,16,19,22H,6-7,12-15H2,1H3,(H,26,30)(H,27,29)/t22-/m1/s1. The topological polar surface area (TPSA) is 105 Å². The van der Waals surface area contributed by atoms with Crippen LogP contribution >= 0.6 is 11.6 Å². The summed E-state index contributed by atoms with van der Waals surface area (Å²) in [4.78, 5) is 26.1. The molecule has 1 saturated carbocycles. The van der Waals surface area contributed by atoms with E-state index in [1.54, 1.807) is 43.5 Å². The maximum absolute atomic E-state index is 13.0. The van der Waals surface area contributed by atoms with E-state index in [-0.39, 0.29) is 41.8 Å². The lowest BCUT2D eigenvalue weighted by molar-refractivity contribution is -0.124. The minimum atomic E-state index is -3.65. The van der Waals surface area contributed by atoms with E-state index in [1.807, 2.05) is 0 Å². The maximum Gasteiger partial charge on any atom is 0.251 e. The van der Waals surface area contributed by atoms with Crippen molar-refractivity contribution in [2.75, 3.05) is 20.2 Å². The normalized spacial score (nSPS) is 18.2. The van der Waals surface area contributed by atoms with Gasteiger partial charge in [-0.25, -0.2) is 8.42 Å². The number of ether oxygens (including phenoxy) is 1. The Balaban J connectivity index is 1.45. The Bertz CT molecular complexity index is 1130. The van der Waals surface area contributed by atoms with Gasteiger partial charge in [0.2, 0.25) is 15.9 Å². The molecule has 182 valence electrons. The van der Waals surface area contributed by atoms with Crippen molar-refractivity contribution < 1.29 is 22.7 Å². The van der Waals surface area contributed by atoms with E-state index in [0.29, 0.717) is 29.2 Å². The quantitative estimate of drug-likeness (QED) is 0.574. The molecule has 0 radical (unpaired) electrons. The zero-order chi connectivity index (χ0) is 24.3. The van der Waals surface area contributed by atoms with E-state index in [0.717, 1.165) is 12.8 Å². The molecule has 2 aliphatic rings. The fourth-order valence-electron chi connectivity index (χ4n) is 4.09. The van der Waals surface area contributed by atoms with Crippen LogP contribution in [0.3, 0.4) is 0 Å². The summed E-state index contributed by atoms with van der Waals surface area (Å²) in [6.45, 7) is 0.530. The SMILES string of the molecule is COc1ccc(C(=O)N[C@@H](C(=O)NC2CC2)C2CCN(S(=O)(=O)c3ccc(Cl)cc3)CC2)cc1. The number of hydrogen-bond donors (Lipinski definition) is 2. The number of nitrogens with one attached hydrogen (secondary N) is 2. The van der Waals surface area contributed by atoms with Crippen LogP contribution in [0.25, 0.3) is 0 Å². The van der Waals surface area contributed by atoms with Gasteiger partial charge in [0.05, 0.1) is 12.0 Å². The third kappa shape index (κ3) is 5.71. The second-order valence-corrected chi connectivity index (χ2v) is 11.0. The third-order valence-electron chi connectivity index (χ3n) is 6.27. The molecule has 2 aromatic rings. The van der Waals surface area contributed by atoms with Crippen LogP contribution < -0.4 is 15.4 Å². The second-order valence-electron chi connectivity index (χ2n) is 8.66. The molecule has 1 aliphatic carbocycles. The molecule has 0 aromatic heterocycles. The van der Waals surface area contributed by atoms with E-state index in [2.05, 4.69) is 10.6 Å². The van der Waals surface area contributed by atoms with Gasteiger partial charge in [0, 0.05) is 29.7 Å². The number of methoxy groups -OCH3 is 1. The lowest BCUT2D eigenvalue weighted by Gasteiger charge is -2.35. The van der Waals surface area contributed by atoms with Crippen molar-refractivity contribution in [3.05, 3.63) is 59.1 Å². The highest BCUT2D eigenvalue weighted by Gasteiger charge is 2.38. The minimum absolute atomic E-state index is 0.151. The van der Waals surface area contributed by atoms with Gasteiger partial charge in [-0.1, -0.05) is 11.6 Å². The van der Waals surface area contributed by atoms with Crippen molar-refractivity contribution in [3.63, 3.8) is 0 Å². The molecular weight excluding hydrogens is 478 g/mol. The molecule has 10 heteroatoms. The van der Waals surface area contributed by atoms with Crippen molar-refractivity contribution in [1.29, 1.82) is 0 Å². The predicted octanol–water partition coefficient (Wildman–Crippen LogP) is 2.83. The summed E-state index contributed by atoms with van der Waals surface area (Å²) in [6, 6.07) is 12.2. The van der Waals surface area contributed by atoms with E-state index in [4.69, 9.17) is 16.3 Å². The molecule has 2 amide bonds. The number of rotatable bonds is 8. The summed E-state index contributed by atoms with van der Waals surface area (Å²) in [5, 5.41) is 6.34. The van der Waals surface area contributed by atoms with Crippen LogP contribution in [0.5, 0.6) is 5.75 Å². The maximum atomic E-state index is 13.0. The number of carbonyl (C=O) groups excluding carboxylic acids is 2. The smallest absolute Gasteiger partial charge is 0.251 e. The molecule has 0 spiro atoms. The molecule has 0 bridgehead atoms. The van der Waals surface area contributed by atoms with Crippen molar-refractivity contribution >= 4 is 33.4 Å². The van der Waals surface area contributed by atoms with Crippen LogP contribution in [0.4, 0.5) is 0 Å². The van der Waals surface area contributed by atoms with Gasteiger partial charge in [0.15, 0.2) is 0 Å². The molecule has 0 unspecified atom stereocenters. The molecule has 2 fully saturated rings. The Morgan fingerprint density at radius 1 is 1.00 bits per heavy atom. The van der Waals surface area contributed by atoms with Gasteiger partial charge < -0.3 is 15.4 Å². The third-order valence-corrected chi connectivity index (χ3v) is 8.43. The number of sulfonamides is 1. The van der Waals surface area contributed by atoms with Gasteiger partial charge in [0.1, 0.15) is 11.8 Å². The average Bonchev–Trinajstić information content (AvgIpc) is 3.66. The Morgan fingerprint density at radius 2 is 1.62 bits per heavy atom. The molecule has 34 heavy (non-hydrogen) atoms. The molecule has 2 aromatic carbocycles. The summed E-state index contributed by atoms with van der Waals surface area (Å²) in [5.74, 6) is -0.121. The van der Waals surface area contributed by atoms with Crippen LogP contribution in [0.1, 0.15) is 36.0 Å². The van der Waals surface area contributed by atoms with Gasteiger partial charge in [-0.15, -0.1) is 0 Å².